The summed E-state index contributed by atoms with van der Waals surface area (Å²) in [7, 11) is 0. The van der Waals surface area contributed by atoms with Gasteiger partial charge in [-0.15, -0.1) is 0 Å². The summed E-state index contributed by atoms with van der Waals surface area (Å²) in [6, 6.07) is -5.34. The average Bonchev–Trinajstić information content (AvgIpc) is 1.49. The van der Waals surface area contributed by atoms with E-state index >= 15 is 38.4 Å². The van der Waals surface area contributed by atoms with Crippen LogP contribution < -0.4 is 158 Å². The Morgan fingerprint density at radius 2 is 0.490 bits per heavy atom. The van der Waals surface area contributed by atoms with Gasteiger partial charge in [0.1, 0.15) is 63.0 Å². The summed E-state index contributed by atoms with van der Waals surface area (Å²) >= 11 is 0. The van der Waals surface area contributed by atoms with Crippen LogP contribution in [0.5, 0.6) is 23.0 Å². The number of carboxylic acids is 4. The van der Waals surface area contributed by atoms with Crippen LogP contribution >= 0.6 is 0 Å². The van der Waals surface area contributed by atoms with Gasteiger partial charge >= 0.3 is 166 Å². The number of benzene rings is 2. The van der Waals surface area contributed by atoms with Gasteiger partial charge < -0.3 is 58.6 Å². The van der Waals surface area contributed by atoms with Gasteiger partial charge in [0.05, 0.1) is 52.6 Å². The predicted molar refractivity (Wildman–Crippen MR) is 316 cm³/mol. The molecule has 0 saturated carbocycles. The van der Waals surface area contributed by atoms with Crippen LogP contribution in [0.25, 0.3) is 0 Å². The summed E-state index contributed by atoms with van der Waals surface area (Å²) in [4.78, 5) is 194. The third kappa shape index (κ3) is 10.3. The second-order valence-electron chi connectivity index (χ2n) is 27.7. The third-order valence-corrected chi connectivity index (χ3v) is 23.3. The Kier molecular flexibility index (Phi) is 20.3. The molecule has 2 aromatic rings. The van der Waals surface area contributed by atoms with Crippen LogP contribution in [-0.4, -0.2) is 264 Å². The van der Waals surface area contributed by atoms with E-state index in [-0.39, 0.29) is 222 Å². The number of hydrogen-bond acceptors (Lipinski definition) is 20. The summed E-state index contributed by atoms with van der Waals surface area (Å²) < 4.78 is 25.5. The molecule has 2 aromatic carbocycles. The molecule has 0 radical (unpaired) electrons. The molecule has 0 atom stereocenters. The van der Waals surface area contributed by atoms with E-state index in [1.807, 2.05) is 0 Å². The van der Waals surface area contributed by atoms with E-state index in [0.717, 1.165) is 0 Å². The average molecular weight is 1450 g/mol. The molecule has 0 spiro atoms. The van der Waals surface area contributed by atoms with E-state index in [0.29, 0.717) is 67.5 Å². The Bertz CT molecular complexity index is 3550. The maximum absolute atomic E-state index is 15.8. The standard InChI is InChI=1S/C62H76N16O20.4Na/c1-31-32(2)44(96-18-10-14-40(81)82)36-22-72-56(92)76-28-68-49-47-63(51(87)67(49)27-75-55(91)71(59(72,5)61(75,76)7)21-35(36)43(31)95-17-9-13-39(79)80)25-65-48-50-69(53(65)89)29-77-57(93)73-23-37-38(46(98-20-12-16-42(85)86)34(4)33(3)45(37)97-19-11-15-41(83)84)24-74-58(94)78(62(77,8)60(73,74)6)30-70(50)54(90)66(48)26-64(47)52(68)88;;;;/h47-50H,9-30H2,1-8H3,(H,79,80)(H,81,82)(H,83,84)(H,85,86);;;;/q;4*+1/p-4. The molecule has 0 bridgehead atoms. The number of amides is 16. The van der Waals surface area contributed by atoms with Crippen molar-refractivity contribution in [2.75, 3.05) is 66.4 Å². The number of rotatable bonds is 20. The Hall–Kier alpha value is -6.32. The molecule has 13 aliphatic heterocycles. The molecule has 40 heteroatoms. The number of carbonyl (C=O) groups excluding carboxylic acids is 12. The topological polar surface area (TPSA) is 386 Å². The zero-order valence-electron chi connectivity index (χ0n) is 59.2. The van der Waals surface area contributed by atoms with Crippen molar-refractivity contribution in [1.29, 1.82) is 0 Å². The van der Waals surface area contributed by atoms with Crippen LogP contribution in [0.4, 0.5) is 38.4 Å². The molecule has 102 heavy (non-hydrogen) atoms. The van der Waals surface area contributed by atoms with Gasteiger partial charge in [-0.25, -0.2) is 38.4 Å². The minimum absolute atomic E-state index is 0. The fourth-order valence-electron chi connectivity index (χ4n) is 17.8. The zero-order chi connectivity index (χ0) is 69.8. The summed E-state index contributed by atoms with van der Waals surface area (Å²) in [5.74, 6) is -3.87. The molecular weight excluding hydrogens is 1380 g/mol. The first-order valence-corrected chi connectivity index (χ1v) is 32.7. The molecule has 524 valence electrons. The van der Waals surface area contributed by atoms with Crippen molar-refractivity contribution in [2.24, 2.45) is 0 Å². The number of carboxylic acid groups (broad SMARTS) is 4. The van der Waals surface area contributed by atoms with Crippen molar-refractivity contribution >= 4 is 72.1 Å². The van der Waals surface area contributed by atoms with E-state index in [1.165, 1.54) is 78.4 Å². The SMILES string of the molecule is Cc1c(C)c(OCCCC(=O)[O-])c2c(c1OCCCC(=O)[O-])CN1C(=O)N3CN4C(=O)N5CN6C(=O)N7CN8C(=O)N9Cc%10c(c(OCCCC(=O)[O-])c(C)c(C)c%10OCCCC(=O)[O-])CN%10C(=O)N(CN%11C(=O)N(CN%12C(=O)N(CN%13C(=O)N(C2)C1(C)C3%13C)C4C5%12)C6C7%11)C8(C)C9%10C.[Na+].[Na+].[Na+].[Na+]. The van der Waals surface area contributed by atoms with Gasteiger partial charge in [0, 0.05) is 46.1 Å². The number of carbonyl (C=O) groups is 12. The monoisotopic (exact) mass is 1450 g/mol. The van der Waals surface area contributed by atoms with Crippen LogP contribution in [-0.2, 0) is 45.4 Å². The smallest absolute Gasteiger partial charge is 0.550 e. The number of nitrogens with zero attached hydrogens (tertiary/aromatic N) is 16. The minimum atomic E-state index is -1.68. The third-order valence-electron chi connectivity index (χ3n) is 23.3. The van der Waals surface area contributed by atoms with Gasteiger partial charge in [0.25, 0.3) is 0 Å². The van der Waals surface area contributed by atoms with Crippen molar-refractivity contribution < 1.29 is 215 Å². The first kappa shape index (κ1) is 76.8. The second-order valence-corrected chi connectivity index (χ2v) is 27.7. The van der Waals surface area contributed by atoms with Gasteiger partial charge in [-0.3, -0.25) is 78.4 Å². The fourth-order valence-corrected chi connectivity index (χ4v) is 17.8. The molecular formula is C62H72N16Na4O20. The van der Waals surface area contributed by atoms with Gasteiger partial charge in [-0.1, -0.05) is 0 Å². The van der Waals surface area contributed by atoms with Gasteiger partial charge in [-0.2, -0.15) is 0 Å². The number of hydrogen-bond donors (Lipinski definition) is 0. The molecule has 13 heterocycles. The first-order valence-electron chi connectivity index (χ1n) is 32.7. The minimum Gasteiger partial charge on any atom is -0.550 e. The molecule has 36 nitrogen and oxygen atoms in total. The van der Waals surface area contributed by atoms with E-state index in [1.54, 1.807) is 55.4 Å². The molecule has 11 fully saturated rings. The maximum atomic E-state index is 15.8. The van der Waals surface area contributed by atoms with Crippen molar-refractivity contribution in [2.45, 2.75) is 180 Å². The number of aliphatic carboxylic acids is 4. The van der Waals surface area contributed by atoms with Crippen LogP contribution in [0.15, 0.2) is 0 Å². The second kappa shape index (κ2) is 26.9. The molecule has 13 aliphatic rings. The summed E-state index contributed by atoms with van der Waals surface area (Å²) in [5.41, 5.74) is -2.51. The van der Waals surface area contributed by atoms with Crippen LogP contribution in [0, 0.1) is 27.7 Å². The van der Waals surface area contributed by atoms with Crippen LogP contribution in [0.3, 0.4) is 0 Å². The Morgan fingerprint density at radius 1 is 0.314 bits per heavy atom. The van der Waals surface area contributed by atoms with Crippen molar-refractivity contribution in [3.8, 4) is 23.0 Å². The molecule has 16 amide bonds. The largest absolute Gasteiger partial charge is 1.00 e. The summed E-state index contributed by atoms with van der Waals surface area (Å²) in [5, 5.41) is 45.9. The molecule has 11 saturated heterocycles. The van der Waals surface area contributed by atoms with E-state index < -0.39 is 159 Å². The van der Waals surface area contributed by atoms with Crippen molar-refractivity contribution in [3.05, 3.63) is 44.5 Å². The first-order chi connectivity index (χ1) is 46.5. The normalized spacial score (nSPS) is 27.7. The summed E-state index contributed by atoms with van der Waals surface area (Å²) in [6.07, 6.45) is -5.93. The molecule has 0 N–H and O–H groups in total. The molecule has 0 aromatic heterocycles. The van der Waals surface area contributed by atoms with Gasteiger partial charge in [-0.05, 0) is 129 Å². The van der Waals surface area contributed by atoms with Gasteiger partial charge in [0.2, 0.25) is 0 Å². The zero-order valence-corrected chi connectivity index (χ0v) is 67.2. The summed E-state index contributed by atoms with van der Waals surface area (Å²) in [6.45, 7) is 9.63. The molecule has 0 unspecified atom stereocenters. The predicted octanol–water partition coefficient (Wildman–Crippen LogP) is -13.8. The molecule has 15 rings (SSSR count). The maximum Gasteiger partial charge on any atom is 1.00 e. The van der Waals surface area contributed by atoms with Crippen LogP contribution in [0.1, 0.15) is 124 Å². The van der Waals surface area contributed by atoms with Crippen molar-refractivity contribution in [1.82, 2.24) is 78.4 Å². The number of fused-ring (bicyclic) bond motifs is 2. The Morgan fingerprint density at radius 3 is 0.676 bits per heavy atom. The van der Waals surface area contributed by atoms with E-state index in [9.17, 15) is 39.6 Å². The molecule has 0 aliphatic carbocycles. The quantitative estimate of drug-likeness (QED) is 0.0877. The number of urea groups is 8. The van der Waals surface area contributed by atoms with E-state index in [2.05, 4.69) is 0 Å². The fraction of sp³-hybridized carbons (Fsp3) is 0.613. The number of ether oxygens (including phenoxy) is 4. The van der Waals surface area contributed by atoms with E-state index in [4.69, 9.17) is 18.9 Å². The Labute approximate surface area is 673 Å². The van der Waals surface area contributed by atoms with Crippen LogP contribution in [0.2, 0.25) is 0 Å². The van der Waals surface area contributed by atoms with Gasteiger partial charge in [0.15, 0.2) is 47.3 Å². The van der Waals surface area contributed by atoms with Crippen molar-refractivity contribution in [3.63, 3.8) is 0 Å². The Balaban J connectivity index is 0.00000261.